The second kappa shape index (κ2) is 16.3. The maximum absolute atomic E-state index is 13.6. The summed E-state index contributed by atoms with van der Waals surface area (Å²) >= 11 is 0. The number of nitrogens with one attached hydrogen (secondary N) is 2. The van der Waals surface area contributed by atoms with Gasteiger partial charge < -0.3 is 19.7 Å². The molecule has 0 bridgehead atoms. The Balaban J connectivity index is 0.802. The molecule has 61 heavy (non-hydrogen) atoms. The number of likely N-dealkylation sites (tertiary alicyclic amines) is 1. The molecular formula is C48H56N6O7. The highest BCUT2D eigenvalue weighted by atomic mass is 16.5. The lowest BCUT2D eigenvalue weighted by atomic mass is 9.49. The first-order chi connectivity index (χ1) is 29.1. The van der Waals surface area contributed by atoms with Crippen LogP contribution in [-0.4, -0.2) is 96.4 Å². The Kier molecular flexibility index (Phi) is 11.2. The largest absolute Gasteiger partial charge is 0.492 e. The third-order valence-corrected chi connectivity index (χ3v) is 13.9. The normalized spacial score (nSPS) is 24.8. The fourth-order valence-corrected chi connectivity index (χ4v) is 10.9. The molecule has 3 aromatic rings. The summed E-state index contributed by atoms with van der Waals surface area (Å²) in [5, 5.41) is 15.0. The van der Waals surface area contributed by atoms with E-state index in [1.165, 1.54) is 0 Å². The Morgan fingerprint density at radius 1 is 0.852 bits per heavy atom. The number of imide groups is 2. The second-order valence-electron chi connectivity index (χ2n) is 18.8. The number of carbonyl (C=O) groups is 5. The van der Waals surface area contributed by atoms with Crippen molar-refractivity contribution < 1.29 is 33.4 Å². The number of benzene rings is 3. The number of rotatable bonds is 11. The van der Waals surface area contributed by atoms with Crippen LogP contribution in [0.2, 0.25) is 0 Å². The minimum Gasteiger partial charge on any atom is -0.492 e. The molecule has 8 rings (SSSR count). The second-order valence-corrected chi connectivity index (χ2v) is 18.8. The van der Waals surface area contributed by atoms with Gasteiger partial charge in [0.25, 0.3) is 17.7 Å². The van der Waals surface area contributed by atoms with E-state index in [0.717, 1.165) is 79.3 Å². The zero-order chi connectivity index (χ0) is 43.4. The van der Waals surface area contributed by atoms with Crippen molar-refractivity contribution >= 4 is 35.2 Å². The first kappa shape index (κ1) is 42.0. The Morgan fingerprint density at radius 3 is 2.18 bits per heavy atom. The Bertz CT molecular complexity index is 2270. The van der Waals surface area contributed by atoms with Crippen LogP contribution in [0.1, 0.15) is 114 Å². The predicted octanol–water partition coefficient (Wildman–Crippen LogP) is 5.95. The lowest BCUT2D eigenvalue weighted by Crippen LogP contribution is -2.74. The van der Waals surface area contributed by atoms with E-state index in [9.17, 15) is 29.2 Å². The Labute approximate surface area is 357 Å². The molecule has 13 heteroatoms. The van der Waals surface area contributed by atoms with E-state index in [1.54, 1.807) is 18.2 Å². The van der Waals surface area contributed by atoms with Crippen LogP contribution in [0.5, 0.6) is 11.5 Å². The third-order valence-electron chi connectivity index (χ3n) is 13.9. The number of carbonyl (C=O) groups excluding carboxylic acids is 5. The van der Waals surface area contributed by atoms with Gasteiger partial charge in [-0.2, -0.15) is 5.26 Å². The molecule has 0 radical (unpaired) electrons. The first-order valence-electron chi connectivity index (χ1n) is 21.6. The zero-order valence-electron chi connectivity index (χ0n) is 36.0. The molecule has 13 nitrogen and oxygen atoms in total. The van der Waals surface area contributed by atoms with Crippen LogP contribution < -0.4 is 25.0 Å². The fraction of sp³-hybridized carbons (Fsp3) is 0.500. The number of anilines is 1. The number of fused-ring (bicyclic) bond motifs is 1. The van der Waals surface area contributed by atoms with Crippen molar-refractivity contribution in [3.8, 4) is 17.6 Å². The van der Waals surface area contributed by atoms with Gasteiger partial charge in [0.1, 0.15) is 30.3 Å². The molecule has 4 fully saturated rings. The van der Waals surface area contributed by atoms with Gasteiger partial charge in [0.05, 0.1) is 22.8 Å². The predicted molar refractivity (Wildman–Crippen MR) is 228 cm³/mol. The summed E-state index contributed by atoms with van der Waals surface area (Å²) in [5.41, 5.74) is 4.02. The highest BCUT2D eigenvalue weighted by Crippen LogP contribution is 2.55. The molecule has 4 heterocycles. The third kappa shape index (κ3) is 7.87. The number of nitriles is 1. The first-order valence-corrected chi connectivity index (χ1v) is 21.6. The van der Waals surface area contributed by atoms with Crippen molar-refractivity contribution in [2.75, 3.05) is 37.7 Å². The average molecular weight is 829 g/mol. The van der Waals surface area contributed by atoms with Gasteiger partial charge in [0, 0.05) is 60.2 Å². The summed E-state index contributed by atoms with van der Waals surface area (Å²) in [7, 11) is 0. The average Bonchev–Trinajstić information content (AvgIpc) is 3.77. The number of hydrogen-bond acceptors (Lipinski definition) is 10. The fourth-order valence-electron chi connectivity index (χ4n) is 10.9. The molecule has 3 saturated heterocycles. The smallest absolute Gasteiger partial charge is 0.262 e. The van der Waals surface area contributed by atoms with Crippen LogP contribution in [0.15, 0.2) is 54.6 Å². The molecule has 1 saturated carbocycles. The van der Waals surface area contributed by atoms with Gasteiger partial charge in [-0.05, 0) is 124 Å². The van der Waals surface area contributed by atoms with Crippen LogP contribution in [0.25, 0.3) is 0 Å². The van der Waals surface area contributed by atoms with Crippen molar-refractivity contribution in [3.05, 3.63) is 88.0 Å². The molecule has 4 aliphatic heterocycles. The Morgan fingerprint density at radius 2 is 1.52 bits per heavy atom. The van der Waals surface area contributed by atoms with Crippen molar-refractivity contribution in [2.24, 2.45) is 16.7 Å². The lowest BCUT2D eigenvalue weighted by Gasteiger charge is -2.63. The van der Waals surface area contributed by atoms with E-state index in [2.05, 4.69) is 66.3 Å². The molecule has 2 N–H and O–H groups in total. The molecule has 320 valence electrons. The molecular weight excluding hydrogens is 773 g/mol. The highest BCUT2D eigenvalue weighted by molar-refractivity contribution is 6.23. The molecule has 1 aliphatic carbocycles. The molecule has 1 unspecified atom stereocenters. The van der Waals surface area contributed by atoms with E-state index in [-0.39, 0.29) is 58.9 Å². The summed E-state index contributed by atoms with van der Waals surface area (Å²) in [6, 6.07) is 18.1. The number of aryl methyl sites for hydroxylation is 2. The minimum absolute atomic E-state index is 0.0751. The molecule has 5 amide bonds. The van der Waals surface area contributed by atoms with Gasteiger partial charge in [-0.15, -0.1) is 0 Å². The van der Waals surface area contributed by atoms with Gasteiger partial charge in [0.2, 0.25) is 11.8 Å². The van der Waals surface area contributed by atoms with E-state index < -0.39 is 29.7 Å². The maximum atomic E-state index is 13.6. The standard InChI is InChI=1S/C48H56N6O7/c1-28-22-35(23-29(2)38(28)25-49)61-46-47(3,4)45(48(46,5)6)51-41(56)31-9-11-32(12-10-31)52-20-17-30(18-21-52)26-53-19-7-8-33(53)27-60-34-13-14-36-37(24-34)44(59)54(43(36)58)39-15-16-40(55)50-42(39)57/h9-14,22-24,30,33,39,45-46H,7-8,15-21,26-27H2,1-6H3,(H,51,56)(H,50,55,57)/t33-,39?,45?,46?/m0/s1. The van der Waals surface area contributed by atoms with Gasteiger partial charge in [-0.3, -0.25) is 39.1 Å². The number of ether oxygens (including phenoxy) is 2. The molecule has 5 aliphatic rings. The van der Waals surface area contributed by atoms with Crippen molar-refractivity contribution in [3.63, 3.8) is 0 Å². The number of hydrogen-bond donors (Lipinski definition) is 2. The lowest BCUT2D eigenvalue weighted by molar-refractivity contribution is -0.164. The Hall–Kier alpha value is -5.74. The summed E-state index contributed by atoms with van der Waals surface area (Å²) in [4.78, 5) is 69.9. The monoisotopic (exact) mass is 828 g/mol. The summed E-state index contributed by atoms with van der Waals surface area (Å²) < 4.78 is 12.8. The zero-order valence-corrected chi connectivity index (χ0v) is 36.0. The van der Waals surface area contributed by atoms with Crippen molar-refractivity contribution in [1.29, 1.82) is 5.26 Å². The quantitative estimate of drug-likeness (QED) is 0.221. The number of amides is 5. The molecule has 2 atom stereocenters. The van der Waals surface area contributed by atoms with Gasteiger partial charge in [-0.1, -0.05) is 27.7 Å². The van der Waals surface area contributed by atoms with Gasteiger partial charge in [0.15, 0.2) is 0 Å². The SMILES string of the molecule is Cc1cc(OC2C(C)(C)C(NC(=O)c3ccc(N4CCC(CN5CCC[C@H]5COc5ccc6c(c5)C(=O)N(C5CCC(=O)NC5=O)C6=O)CC4)cc3)C2(C)C)cc(C)c1C#N. The molecule has 0 spiro atoms. The van der Waals surface area contributed by atoms with E-state index in [0.29, 0.717) is 29.4 Å². The maximum Gasteiger partial charge on any atom is 0.262 e. The molecule has 0 aromatic heterocycles. The number of nitrogens with zero attached hydrogens (tertiary/aromatic N) is 4. The summed E-state index contributed by atoms with van der Waals surface area (Å²) in [5.74, 6) is -0.397. The highest BCUT2D eigenvalue weighted by Gasteiger charge is 2.64. The summed E-state index contributed by atoms with van der Waals surface area (Å²) in [6.07, 6.45) is 4.29. The van der Waals surface area contributed by atoms with E-state index in [4.69, 9.17) is 9.47 Å². The van der Waals surface area contributed by atoms with Crippen LogP contribution >= 0.6 is 0 Å². The van der Waals surface area contributed by atoms with Crippen LogP contribution in [-0.2, 0) is 9.59 Å². The van der Waals surface area contributed by atoms with Crippen LogP contribution in [0.4, 0.5) is 5.69 Å². The van der Waals surface area contributed by atoms with Gasteiger partial charge >= 0.3 is 0 Å². The van der Waals surface area contributed by atoms with E-state index in [1.807, 2.05) is 38.1 Å². The van der Waals surface area contributed by atoms with Crippen molar-refractivity contribution in [2.45, 2.75) is 104 Å². The minimum atomic E-state index is -1.00. The topological polar surface area (TPSA) is 161 Å². The van der Waals surface area contributed by atoms with Gasteiger partial charge in [-0.25, -0.2) is 0 Å². The summed E-state index contributed by atoms with van der Waals surface area (Å²) in [6.45, 7) is 16.7. The van der Waals surface area contributed by atoms with Crippen LogP contribution in [0.3, 0.4) is 0 Å². The van der Waals surface area contributed by atoms with E-state index >= 15 is 0 Å². The van der Waals surface area contributed by atoms with Crippen LogP contribution in [0, 0.1) is 41.9 Å². The number of piperidine rings is 2. The molecule has 3 aromatic carbocycles. The van der Waals surface area contributed by atoms with Crippen molar-refractivity contribution in [1.82, 2.24) is 20.4 Å².